The number of aromatic nitrogens is 5. The van der Waals surface area contributed by atoms with Gasteiger partial charge in [-0.05, 0) is 97.1 Å². The molecule has 0 radical (unpaired) electrons. The lowest BCUT2D eigenvalue weighted by Crippen LogP contribution is -1.95. The van der Waals surface area contributed by atoms with Gasteiger partial charge in [-0.1, -0.05) is 18.2 Å². The Balaban J connectivity index is 0.000000175. The van der Waals surface area contributed by atoms with Crippen molar-refractivity contribution in [2.45, 2.75) is 0 Å². The molecule has 2 aliphatic rings. The van der Waals surface area contributed by atoms with Crippen LogP contribution in [0.1, 0.15) is 22.8 Å². The Labute approximate surface area is 241 Å². The Bertz CT molecular complexity index is 1850. The monoisotopic (exact) mass is 559 g/mol. The van der Waals surface area contributed by atoms with Gasteiger partial charge in [0, 0.05) is 22.1 Å². The second-order valence-electron chi connectivity index (χ2n) is 9.08. The van der Waals surface area contributed by atoms with Crippen LogP contribution in [0.25, 0.3) is 46.4 Å². The molecule has 4 aromatic heterocycles. The summed E-state index contributed by atoms with van der Waals surface area (Å²) in [5.41, 5.74) is 20.2. The van der Waals surface area contributed by atoms with E-state index in [0.29, 0.717) is 11.5 Å². The van der Waals surface area contributed by atoms with E-state index in [1.807, 2.05) is 72.8 Å². The second kappa shape index (κ2) is 12.1. The fourth-order valence-electron chi connectivity index (χ4n) is 4.12. The maximum Gasteiger partial charge on any atom is 0.153 e. The number of nitrogens with zero attached hydrogens (tertiary/aromatic N) is 5. The highest BCUT2D eigenvalue weighted by Crippen LogP contribution is 2.23. The molecule has 9 nitrogen and oxygen atoms in total. The number of azo groups is 1. The number of nitrogen functional groups attached to an aromatic ring is 2. The fraction of sp³-hybridized carbons (Fsp3) is 0. The Hall–Kier alpha value is -5.54. The lowest BCUT2D eigenvalue weighted by molar-refractivity contribution is 1.21. The van der Waals surface area contributed by atoms with Crippen LogP contribution >= 0.6 is 12.4 Å². The molecule has 7 rings (SSSR count). The highest BCUT2D eigenvalue weighted by molar-refractivity contribution is 5.85. The van der Waals surface area contributed by atoms with Gasteiger partial charge in [0.05, 0.1) is 28.5 Å². The summed E-state index contributed by atoms with van der Waals surface area (Å²) in [4.78, 5) is 19.9. The molecule has 0 saturated heterocycles. The van der Waals surface area contributed by atoms with Crippen molar-refractivity contribution in [1.29, 1.82) is 0 Å². The quantitative estimate of drug-likeness (QED) is 0.160. The van der Waals surface area contributed by atoms with E-state index < -0.39 is 0 Å². The zero-order valence-corrected chi connectivity index (χ0v) is 22.6. The first kappa shape index (κ1) is 27.0. The lowest BCUT2D eigenvalue weighted by Gasteiger charge is -1.98. The van der Waals surface area contributed by atoms with Crippen molar-refractivity contribution in [3.8, 4) is 0 Å². The Morgan fingerprint density at radius 1 is 0.512 bits per heavy atom. The van der Waals surface area contributed by atoms with Crippen molar-refractivity contribution < 1.29 is 0 Å². The number of rotatable bonds is 2. The van der Waals surface area contributed by atoms with E-state index in [4.69, 9.17) is 11.5 Å². The molecular formula is C31H26ClN9. The van der Waals surface area contributed by atoms with E-state index in [1.54, 1.807) is 12.1 Å². The minimum Gasteiger partial charge on any atom is -0.384 e. The van der Waals surface area contributed by atoms with E-state index in [2.05, 4.69) is 65.5 Å². The molecule has 0 fully saturated rings. The molecule has 6 N–H and O–H groups in total. The number of halogens is 1. The summed E-state index contributed by atoms with van der Waals surface area (Å²) in [5, 5.41) is 8.03. The number of anilines is 2. The van der Waals surface area contributed by atoms with Crippen LogP contribution in [0, 0.1) is 0 Å². The Morgan fingerprint density at radius 3 is 1.56 bits per heavy atom. The molecule has 2 aliphatic heterocycles. The van der Waals surface area contributed by atoms with Gasteiger partial charge in [-0.15, -0.1) is 17.5 Å². The standard InChI is InChI=1S/C20H14N4.C11H11N5.ClH/c1-2-14-10-16-5-6-18(23-16)12-20-8-7-19(24-20)11-17-4-3-15(22-17)9-13(1)21-14;12-10-7-6-9(11(13)14-10)16-15-8-4-2-1-3-5-8;/h1-12,21-22H;1-7H,(H4,12,13,14);1H. The van der Waals surface area contributed by atoms with Crippen molar-refractivity contribution in [1.82, 2.24) is 24.9 Å². The predicted octanol–water partition coefficient (Wildman–Crippen LogP) is 7.74. The predicted molar refractivity (Wildman–Crippen MR) is 170 cm³/mol. The molecule has 202 valence electrons. The van der Waals surface area contributed by atoms with Gasteiger partial charge in [0.2, 0.25) is 0 Å². The van der Waals surface area contributed by atoms with E-state index in [0.717, 1.165) is 50.5 Å². The molecule has 0 spiro atoms. The Kier molecular flexibility index (Phi) is 7.98. The van der Waals surface area contributed by atoms with Crippen LogP contribution < -0.4 is 11.5 Å². The van der Waals surface area contributed by atoms with Gasteiger partial charge in [-0.25, -0.2) is 15.0 Å². The number of aromatic amines is 2. The fourth-order valence-corrected chi connectivity index (χ4v) is 4.12. The van der Waals surface area contributed by atoms with E-state index in [1.165, 1.54) is 0 Å². The van der Waals surface area contributed by atoms with Crippen molar-refractivity contribution in [2.24, 2.45) is 10.2 Å². The zero-order chi connectivity index (χ0) is 27.3. The summed E-state index contributed by atoms with van der Waals surface area (Å²) in [7, 11) is 0. The first-order valence-electron chi connectivity index (χ1n) is 12.6. The topological polar surface area (TPSA) is 147 Å². The number of hydrogen-bond donors (Lipinski definition) is 4. The molecule has 0 aliphatic carbocycles. The SMILES string of the molecule is C1=Cc2cc3ccc(cc4ccc(cc5nc(cc1n2)C=C5)[nH]4)[nH]3.Cl.Nc1ccc(N=Nc2ccccc2)c(N)n1. The van der Waals surface area contributed by atoms with Crippen LogP contribution in [0.4, 0.5) is 23.0 Å². The van der Waals surface area contributed by atoms with Crippen LogP contribution in [0.2, 0.25) is 0 Å². The third-order valence-electron chi connectivity index (χ3n) is 6.00. The number of H-pyrrole nitrogens is 2. The van der Waals surface area contributed by atoms with Crippen LogP contribution in [-0.4, -0.2) is 24.9 Å². The number of nitrogens with two attached hydrogens (primary N) is 2. The summed E-state index contributed by atoms with van der Waals surface area (Å²) in [6.45, 7) is 0. The average Bonchev–Trinajstić information content (AvgIpc) is 3.76. The molecule has 0 amide bonds. The molecule has 6 heterocycles. The van der Waals surface area contributed by atoms with Crippen LogP contribution in [0.3, 0.4) is 0 Å². The van der Waals surface area contributed by atoms with Gasteiger partial charge in [-0.2, -0.15) is 5.11 Å². The number of benzene rings is 1. The Morgan fingerprint density at radius 2 is 1.02 bits per heavy atom. The van der Waals surface area contributed by atoms with Crippen molar-refractivity contribution >= 4 is 81.8 Å². The number of nitrogens with one attached hydrogen (secondary N) is 2. The number of fused-ring (bicyclic) bond motifs is 8. The van der Waals surface area contributed by atoms with Gasteiger partial charge in [-0.3, -0.25) is 0 Å². The minimum atomic E-state index is 0. The first-order chi connectivity index (χ1) is 19.6. The third kappa shape index (κ3) is 6.92. The van der Waals surface area contributed by atoms with E-state index >= 15 is 0 Å². The molecule has 0 atom stereocenters. The summed E-state index contributed by atoms with van der Waals surface area (Å²) in [5.74, 6) is 0.649. The van der Waals surface area contributed by atoms with Crippen LogP contribution in [-0.2, 0) is 0 Å². The normalized spacial score (nSPS) is 11.6. The third-order valence-corrected chi connectivity index (χ3v) is 6.00. The van der Waals surface area contributed by atoms with Gasteiger partial charge in [0.1, 0.15) is 11.5 Å². The molecule has 0 saturated carbocycles. The minimum absolute atomic E-state index is 0. The summed E-state index contributed by atoms with van der Waals surface area (Å²) in [6.07, 6.45) is 8.05. The van der Waals surface area contributed by atoms with E-state index in [9.17, 15) is 0 Å². The molecule has 5 aromatic rings. The number of hydrogen-bond acceptors (Lipinski definition) is 7. The molecule has 1 aromatic carbocycles. The molecule has 0 unspecified atom stereocenters. The molecule has 8 bridgehead atoms. The van der Waals surface area contributed by atoms with E-state index in [-0.39, 0.29) is 18.2 Å². The van der Waals surface area contributed by atoms with Gasteiger partial charge >= 0.3 is 0 Å². The van der Waals surface area contributed by atoms with Crippen LogP contribution in [0.15, 0.2) is 101 Å². The lowest BCUT2D eigenvalue weighted by atomic mass is 10.3. The number of pyridine rings is 1. The largest absolute Gasteiger partial charge is 0.384 e. The molecule has 41 heavy (non-hydrogen) atoms. The van der Waals surface area contributed by atoms with Crippen molar-refractivity contribution in [3.63, 3.8) is 0 Å². The van der Waals surface area contributed by atoms with Crippen molar-refractivity contribution in [3.05, 3.63) is 114 Å². The summed E-state index contributed by atoms with van der Waals surface area (Å²) < 4.78 is 0. The maximum atomic E-state index is 5.64. The smallest absolute Gasteiger partial charge is 0.153 e. The second-order valence-corrected chi connectivity index (χ2v) is 9.08. The van der Waals surface area contributed by atoms with Crippen molar-refractivity contribution in [2.75, 3.05) is 11.5 Å². The van der Waals surface area contributed by atoms with Crippen LogP contribution in [0.5, 0.6) is 0 Å². The highest BCUT2D eigenvalue weighted by Gasteiger charge is 2.02. The maximum absolute atomic E-state index is 5.64. The first-order valence-corrected chi connectivity index (χ1v) is 12.6. The molecular weight excluding hydrogens is 534 g/mol. The van der Waals surface area contributed by atoms with Gasteiger partial charge < -0.3 is 21.4 Å². The van der Waals surface area contributed by atoms with Gasteiger partial charge in [0.15, 0.2) is 5.82 Å². The highest BCUT2D eigenvalue weighted by atomic mass is 35.5. The summed E-state index contributed by atoms with van der Waals surface area (Å²) in [6, 6.07) is 29.1. The zero-order valence-electron chi connectivity index (χ0n) is 21.8. The summed E-state index contributed by atoms with van der Waals surface area (Å²) >= 11 is 0. The molecule has 10 heteroatoms. The average molecular weight is 560 g/mol. The van der Waals surface area contributed by atoms with Gasteiger partial charge in [0.25, 0.3) is 0 Å².